The van der Waals surface area contributed by atoms with E-state index in [9.17, 15) is 14.9 Å². The van der Waals surface area contributed by atoms with Crippen LogP contribution in [0.5, 0.6) is 0 Å². The van der Waals surface area contributed by atoms with Crippen molar-refractivity contribution in [2.75, 3.05) is 31.6 Å². The summed E-state index contributed by atoms with van der Waals surface area (Å²) in [6.45, 7) is 5.79. The van der Waals surface area contributed by atoms with Crippen LogP contribution < -0.4 is 5.32 Å². The van der Waals surface area contributed by atoms with Crippen molar-refractivity contribution in [1.82, 2.24) is 4.90 Å². The highest BCUT2D eigenvalue weighted by Gasteiger charge is 2.18. The molecule has 7 nitrogen and oxygen atoms in total. The number of carbonyl (C=O) groups is 1. The van der Waals surface area contributed by atoms with E-state index in [1.165, 1.54) is 12.1 Å². The molecule has 1 heterocycles. The summed E-state index contributed by atoms with van der Waals surface area (Å²) in [4.78, 5) is 25.3. The Morgan fingerprint density at radius 2 is 1.88 bits per heavy atom. The first kappa shape index (κ1) is 18.0. The Morgan fingerprint density at radius 1 is 1.19 bits per heavy atom. The molecule has 26 heavy (non-hydrogen) atoms. The van der Waals surface area contributed by atoms with E-state index in [-0.39, 0.29) is 11.6 Å². The fourth-order valence-corrected chi connectivity index (χ4v) is 2.98. The van der Waals surface area contributed by atoms with Crippen LogP contribution in [-0.4, -0.2) is 42.0 Å². The van der Waals surface area contributed by atoms with E-state index < -0.39 is 4.92 Å². The quantitative estimate of drug-likeness (QED) is 0.658. The average molecular weight is 355 g/mol. The molecule has 0 saturated carbocycles. The van der Waals surface area contributed by atoms with Crippen molar-refractivity contribution < 1.29 is 14.5 Å². The molecule has 1 fully saturated rings. The molecule has 1 aliphatic heterocycles. The Hall–Kier alpha value is -2.77. The standard InChI is InChI=1S/C19H21N3O4/c1-14-17(3-2-4-18(14)22(24)25)19(23)20-16-7-5-15(6-8-16)13-21-9-11-26-12-10-21/h2-8H,9-13H2,1H3,(H,20,23). The smallest absolute Gasteiger partial charge is 0.273 e. The fourth-order valence-electron chi connectivity index (χ4n) is 2.98. The van der Waals surface area contributed by atoms with Gasteiger partial charge < -0.3 is 10.1 Å². The SMILES string of the molecule is Cc1c(C(=O)Nc2ccc(CN3CCOCC3)cc2)cccc1[N+](=O)[O-]. The summed E-state index contributed by atoms with van der Waals surface area (Å²) in [5.41, 5.74) is 2.43. The van der Waals surface area contributed by atoms with E-state index in [0.717, 1.165) is 38.4 Å². The normalized spacial score (nSPS) is 14.8. The number of nitro benzene ring substituents is 1. The predicted molar refractivity (Wildman–Crippen MR) is 98.3 cm³/mol. The van der Waals surface area contributed by atoms with E-state index in [2.05, 4.69) is 10.2 Å². The lowest BCUT2D eigenvalue weighted by Gasteiger charge is -2.26. The Morgan fingerprint density at radius 3 is 2.54 bits per heavy atom. The minimum absolute atomic E-state index is 0.0569. The molecule has 1 N–H and O–H groups in total. The Labute approximate surface area is 151 Å². The van der Waals surface area contributed by atoms with E-state index >= 15 is 0 Å². The van der Waals surface area contributed by atoms with Crippen LogP contribution in [0.25, 0.3) is 0 Å². The van der Waals surface area contributed by atoms with Gasteiger partial charge in [0.1, 0.15) is 0 Å². The molecule has 3 rings (SSSR count). The number of anilines is 1. The van der Waals surface area contributed by atoms with Gasteiger partial charge in [-0.2, -0.15) is 0 Å². The highest BCUT2D eigenvalue weighted by atomic mass is 16.6. The molecule has 2 aromatic rings. The van der Waals surface area contributed by atoms with Gasteiger partial charge >= 0.3 is 0 Å². The number of morpholine rings is 1. The molecular weight excluding hydrogens is 334 g/mol. The van der Waals surface area contributed by atoms with Gasteiger partial charge in [-0.05, 0) is 30.7 Å². The van der Waals surface area contributed by atoms with Crippen LogP contribution >= 0.6 is 0 Å². The molecule has 1 saturated heterocycles. The number of rotatable bonds is 5. The van der Waals surface area contributed by atoms with Crippen molar-refractivity contribution in [1.29, 1.82) is 0 Å². The van der Waals surface area contributed by atoms with Gasteiger partial charge in [0.05, 0.1) is 18.1 Å². The van der Waals surface area contributed by atoms with E-state index in [0.29, 0.717) is 16.8 Å². The van der Waals surface area contributed by atoms with Gasteiger partial charge in [0.2, 0.25) is 0 Å². The van der Waals surface area contributed by atoms with Gasteiger partial charge in [-0.25, -0.2) is 0 Å². The van der Waals surface area contributed by atoms with E-state index in [1.807, 2.05) is 24.3 Å². The number of nitro groups is 1. The maximum atomic E-state index is 12.5. The molecule has 1 aliphatic rings. The molecule has 0 atom stereocenters. The predicted octanol–water partition coefficient (Wildman–Crippen LogP) is 2.99. The number of hydrogen-bond donors (Lipinski definition) is 1. The lowest BCUT2D eigenvalue weighted by atomic mass is 10.1. The van der Waals surface area contributed by atoms with Gasteiger partial charge in [-0.1, -0.05) is 18.2 Å². The monoisotopic (exact) mass is 355 g/mol. The van der Waals surface area contributed by atoms with Gasteiger partial charge in [0.15, 0.2) is 0 Å². The van der Waals surface area contributed by atoms with Crippen LogP contribution in [0.15, 0.2) is 42.5 Å². The molecule has 2 aromatic carbocycles. The summed E-state index contributed by atoms with van der Waals surface area (Å²) in [7, 11) is 0. The van der Waals surface area contributed by atoms with Crippen molar-refractivity contribution in [3.05, 3.63) is 69.3 Å². The zero-order valence-electron chi connectivity index (χ0n) is 14.6. The second kappa shape index (κ2) is 8.07. The highest BCUT2D eigenvalue weighted by molar-refractivity contribution is 6.05. The molecule has 0 spiro atoms. The molecule has 7 heteroatoms. The first-order chi connectivity index (χ1) is 12.5. The molecule has 0 unspecified atom stereocenters. The minimum Gasteiger partial charge on any atom is -0.379 e. The molecule has 136 valence electrons. The van der Waals surface area contributed by atoms with Crippen LogP contribution in [0.4, 0.5) is 11.4 Å². The van der Waals surface area contributed by atoms with Gasteiger partial charge in [-0.15, -0.1) is 0 Å². The fraction of sp³-hybridized carbons (Fsp3) is 0.316. The summed E-state index contributed by atoms with van der Waals surface area (Å²) in [5, 5.41) is 13.8. The Balaban J connectivity index is 1.66. The second-order valence-corrected chi connectivity index (χ2v) is 6.25. The van der Waals surface area contributed by atoms with Gasteiger partial charge in [0, 0.05) is 42.5 Å². The highest BCUT2D eigenvalue weighted by Crippen LogP contribution is 2.22. The third kappa shape index (κ3) is 4.25. The first-order valence-corrected chi connectivity index (χ1v) is 8.49. The summed E-state index contributed by atoms with van der Waals surface area (Å²) in [6.07, 6.45) is 0. The van der Waals surface area contributed by atoms with Gasteiger partial charge in [-0.3, -0.25) is 19.8 Å². The van der Waals surface area contributed by atoms with Crippen LogP contribution in [0, 0.1) is 17.0 Å². The zero-order valence-corrected chi connectivity index (χ0v) is 14.6. The van der Waals surface area contributed by atoms with Crippen LogP contribution in [0.3, 0.4) is 0 Å². The second-order valence-electron chi connectivity index (χ2n) is 6.25. The Bertz CT molecular complexity index is 799. The molecule has 0 aromatic heterocycles. The number of carbonyl (C=O) groups excluding carboxylic acids is 1. The lowest BCUT2D eigenvalue weighted by Crippen LogP contribution is -2.35. The molecule has 0 bridgehead atoms. The topological polar surface area (TPSA) is 84.7 Å². The number of hydrogen-bond acceptors (Lipinski definition) is 5. The maximum Gasteiger partial charge on any atom is 0.273 e. The third-order valence-corrected chi connectivity index (χ3v) is 4.47. The summed E-state index contributed by atoms with van der Waals surface area (Å²) < 4.78 is 5.34. The number of nitrogens with one attached hydrogen (secondary N) is 1. The molecule has 0 radical (unpaired) electrons. The van der Waals surface area contributed by atoms with Crippen molar-refractivity contribution in [2.45, 2.75) is 13.5 Å². The van der Waals surface area contributed by atoms with Crippen molar-refractivity contribution >= 4 is 17.3 Å². The van der Waals surface area contributed by atoms with Crippen LogP contribution in [0.1, 0.15) is 21.5 Å². The van der Waals surface area contributed by atoms with Crippen LogP contribution in [-0.2, 0) is 11.3 Å². The maximum absolute atomic E-state index is 12.5. The number of ether oxygens (including phenoxy) is 1. The van der Waals surface area contributed by atoms with E-state index in [1.54, 1.807) is 13.0 Å². The zero-order chi connectivity index (χ0) is 18.5. The average Bonchev–Trinajstić information content (AvgIpc) is 2.64. The molecule has 0 aliphatic carbocycles. The van der Waals surface area contributed by atoms with Crippen molar-refractivity contribution in [2.24, 2.45) is 0 Å². The van der Waals surface area contributed by atoms with Crippen LogP contribution in [0.2, 0.25) is 0 Å². The summed E-state index contributed by atoms with van der Waals surface area (Å²) in [6, 6.07) is 12.2. The summed E-state index contributed by atoms with van der Waals surface area (Å²) >= 11 is 0. The van der Waals surface area contributed by atoms with Gasteiger partial charge in [0.25, 0.3) is 11.6 Å². The number of amides is 1. The minimum atomic E-state index is -0.480. The first-order valence-electron chi connectivity index (χ1n) is 8.49. The number of nitrogens with zero attached hydrogens (tertiary/aromatic N) is 2. The molecular formula is C19H21N3O4. The third-order valence-electron chi connectivity index (χ3n) is 4.47. The van der Waals surface area contributed by atoms with Crippen molar-refractivity contribution in [3.63, 3.8) is 0 Å². The lowest BCUT2D eigenvalue weighted by molar-refractivity contribution is -0.385. The van der Waals surface area contributed by atoms with E-state index in [4.69, 9.17) is 4.74 Å². The largest absolute Gasteiger partial charge is 0.379 e. The Kier molecular flexibility index (Phi) is 5.60. The van der Waals surface area contributed by atoms with Crippen molar-refractivity contribution in [3.8, 4) is 0 Å². The number of benzene rings is 2. The summed E-state index contributed by atoms with van der Waals surface area (Å²) in [5.74, 6) is -0.355. The molecule has 1 amide bonds.